The van der Waals surface area contributed by atoms with Crippen LogP contribution in [0.25, 0.3) is 0 Å². The molecule has 2 rings (SSSR count). The minimum absolute atomic E-state index is 0.117. The highest BCUT2D eigenvalue weighted by atomic mass is 19.1. The molecule has 1 N–H and O–H groups in total. The number of carbonyl (C=O) groups is 2. The lowest BCUT2D eigenvalue weighted by Crippen LogP contribution is -2.26. The van der Waals surface area contributed by atoms with Gasteiger partial charge in [-0.2, -0.15) is 0 Å². The molecule has 1 aromatic carbocycles. The fourth-order valence-electron chi connectivity index (χ4n) is 2.03. The number of hydrogen-bond acceptors (Lipinski definition) is 2. The van der Waals surface area contributed by atoms with Gasteiger partial charge in [0.1, 0.15) is 11.6 Å². The predicted molar refractivity (Wildman–Crippen MR) is 64.0 cm³/mol. The fourth-order valence-corrected chi connectivity index (χ4v) is 2.03. The number of aromatic carboxylic acids is 1. The molecule has 0 bridgehead atoms. The number of carboxylic acids is 1. The molecule has 100 valence electrons. The van der Waals surface area contributed by atoms with Crippen molar-refractivity contribution in [3.8, 4) is 0 Å². The fraction of sp³-hybridized carbons (Fsp3) is 0.231. The second kappa shape index (κ2) is 4.79. The molecule has 1 unspecified atom stereocenters. The molecule has 19 heavy (non-hydrogen) atoms. The molecule has 1 atom stereocenters. The van der Waals surface area contributed by atoms with Gasteiger partial charge in [-0.3, -0.25) is 4.79 Å². The number of anilines is 1. The summed E-state index contributed by atoms with van der Waals surface area (Å²) in [6, 6.07) is 1.32. The van der Waals surface area contributed by atoms with E-state index in [1.54, 1.807) is 6.08 Å². The standard InChI is InChI=1S/C13H11F2NO3/c1-2-7-3-12(17)16(6-7)11-5-9(14)8(13(18)19)4-10(11)15/h2,4-5,7H,1,3,6H2,(H,18,19). The number of rotatable bonds is 3. The first kappa shape index (κ1) is 13.2. The van der Waals surface area contributed by atoms with Crippen LogP contribution in [0.15, 0.2) is 24.8 Å². The van der Waals surface area contributed by atoms with Crippen molar-refractivity contribution in [1.82, 2.24) is 0 Å². The maximum absolute atomic E-state index is 13.8. The number of benzene rings is 1. The van der Waals surface area contributed by atoms with Gasteiger partial charge in [0.2, 0.25) is 5.91 Å². The van der Waals surface area contributed by atoms with Crippen molar-refractivity contribution in [2.24, 2.45) is 5.92 Å². The van der Waals surface area contributed by atoms with E-state index >= 15 is 0 Å². The Morgan fingerprint density at radius 1 is 1.42 bits per heavy atom. The minimum Gasteiger partial charge on any atom is -0.478 e. The van der Waals surface area contributed by atoms with Gasteiger partial charge < -0.3 is 10.0 Å². The Hall–Kier alpha value is -2.24. The van der Waals surface area contributed by atoms with Crippen LogP contribution in [0.3, 0.4) is 0 Å². The van der Waals surface area contributed by atoms with Crippen LogP contribution in [0.2, 0.25) is 0 Å². The van der Waals surface area contributed by atoms with Crippen molar-refractivity contribution < 1.29 is 23.5 Å². The van der Waals surface area contributed by atoms with Crippen molar-refractivity contribution in [2.45, 2.75) is 6.42 Å². The Bertz CT molecular complexity index is 571. The van der Waals surface area contributed by atoms with Crippen molar-refractivity contribution >= 4 is 17.6 Å². The molecule has 0 saturated carbocycles. The maximum atomic E-state index is 13.8. The summed E-state index contributed by atoms with van der Waals surface area (Å²) in [6.45, 7) is 3.77. The van der Waals surface area contributed by atoms with Crippen LogP contribution in [0, 0.1) is 17.6 Å². The van der Waals surface area contributed by atoms with E-state index in [1.807, 2.05) is 0 Å². The highest BCUT2D eigenvalue weighted by Crippen LogP contribution is 2.29. The average Bonchev–Trinajstić information content (AvgIpc) is 2.72. The maximum Gasteiger partial charge on any atom is 0.338 e. The van der Waals surface area contributed by atoms with E-state index in [1.165, 1.54) is 0 Å². The Kier molecular flexibility index (Phi) is 3.33. The zero-order valence-electron chi connectivity index (χ0n) is 9.90. The van der Waals surface area contributed by atoms with E-state index in [4.69, 9.17) is 5.11 Å². The summed E-state index contributed by atoms with van der Waals surface area (Å²) < 4.78 is 27.3. The van der Waals surface area contributed by atoms with Gasteiger partial charge in [-0.05, 0) is 6.07 Å². The quantitative estimate of drug-likeness (QED) is 0.854. The molecule has 0 aliphatic carbocycles. The van der Waals surface area contributed by atoms with Crippen LogP contribution in [0.5, 0.6) is 0 Å². The molecular weight excluding hydrogens is 256 g/mol. The molecular formula is C13H11F2NO3. The summed E-state index contributed by atoms with van der Waals surface area (Å²) in [4.78, 5) is 23.5. The van der Waals surface area contributed by atoms with Crippen molar-refractivity contribution in [3.05, 3.63) is 42.0 Å². The largest absolute Gasteiger partial charge is 0.478 e. The molecule has 1 aliphatic rings. The van der Waals surface area contributed by atoms with E-state index in [-0.39, 0.29) is 30.5 Å². The monoisotopic (exact) mass is 267 g/mol. The van der Waals surface area contributed by atoms with Crippen LogP contribution in [-0.4, -0.2) is 23.5 Å². The average molecular weight is 267 g/mol. The Morgan fingerprint density at radius 3 is 2.63 bits per heavy atom. The number of amides is 1. The molecule has 0 spiro atoms. The topological polar surface area (TPSA) is 57.6 Å². The van der Waals surface area contributed by atoms with E-state index in [0.717, 1.165) is 11.0 Å². The summed E-state index contributed by atoms with van der Waals surface area (Å²) in [5, 5.41) is 8.68. The van der Waals surface area contributed by atoms with Crippen LogP contribution >= 0.6 is 0 Å². The third-order valence-corrected chi connectivity index (χ3v) is 3.05. The first-order chi connectivity index (χ1) is 8.93. The van der Waals surface area contributed by atoms with Gasteiger partial charge in [-0.25, -0.2) is 13.6 Å². The Morgan fingerprint density at radius 2 is 2.11 bits per heavy atom. The zero-order valence-corrected chi connectivity index (χ0v) is 9.90. The van der Waals surface area contributed by atoms with Gasteiger partial charge in [0.15, 0.2) is 0 Å². The second-order valence-electron chi connectivity index (χ2n) is 4.29. The third kappa shape index (κ3) is 2.33. The van der Waals surface area contributed by atoms with Crippen molar-refractivity contribution in [1.29, 1.82) is 0 Å². The SMILES string of the molecule is C=CC1CC(=O)N(c2cc(F)c(C(=O)O)cc2F)C1. The second-order valence-corrected chi connectivity index (χ2v) is 4.29. The lowest BCUT2D eigenvalue weighted by Gasteiger charge is -2.17. The Balaban J connectivity index is 2.41. The van der Waals surface area contributed by atoms with Gasteiger partial charge in [0, 0.05) is 24.9 Å². The molecule has 1 aliphatic heterocycles. The van der Waals surface area contributed by atoms with Crippen LogP contribution in [-0.2, 0) is 4.79 Å². The van der Waals surface area contributed by atoms with Crippen molar-refractivity contribution in [2.75, 3.05) is 11.4 Å². The van der Waals surface area contributed by atoms with E-state index in [2.05, 4.69) is 6.58 Å². The summed E-state index contributed by atoms with van der Waals surface area (Å²) in [5.41, 5.74) is -0.995. The van der Waals surface area contributed by atoms with Crippen LogP contribution in [0.4, 0.5) is 14.5 Å². The summed E-state index contributed by atoms with van der Waals surface area (Å²) in [7, 11) is 0. The van der Waals surface area contributed by atoms with Crippen LogP contribution < -0.4 is 4.90 Å². The van der Waals surface area contributed by atoms with Gasteiger partial charge in [-0.1, -0.05) is 6.08 Å². The molecule has 6 heteroatoms. The summed E-state index contributed by atoms with van der Waals surface area (Å²) >= 11 is 0. The lowest BCUT2D eigenvalue weighted by molar-refractivity contribution is -0.117. The van der Waals surface area contributed by atoms with E-state index in [0.29, 0.717) is 6.07 Å². The first-order valence-corrected chi connectivity index (χ1v) is 5.59. The number of carbonyl (C=O) groups excluding carboxylic acids is 1. The summed E-state index contributed by atoms with van der Waals surface area (Å²) in [5.74, 6) is -4.02. The number of carboxylic acid groups (broad SMARTS) is 1. The molecule has 1 amide bonds. The molecule has 1 fully saturated rings. The molecule has 4 nitrogen and oxygen atoms in total. The zero-order chi connectivity index (χ0) is 14.2. The van der Waals surface area contributed by atoms with Crippen molar-refractivity contribution in [3.63, 3.8) is 0 Å². The molecule has 1 aromatic rings. The van der Waals surface area contributed by atoms with E-state index < -0.39 is 23.2 Å². The Labute approximate surface area is 107 Å². The van der Waals surface area contributed by atoms with E-state index in [9.17, 15) is 18.4 Å². The highest BCUT2D eigenvalue weighted by molar-refractivity contribution is 5.97. The van der Waals surface area contributed by atoms with Gasteiger partial charge in [-0.15, -0.1) is 6.58 Å². The van der Waals surface area contributed by atoms with Crippen LogP contribution in [0.1, 0.15) is 16.8 Å². The van der Waals surface area contributed by atoms with Gasteiger partial charge in [0.05, 0.1) is 11.3 Å². The number of halogens is 2. The van der Waals surface area contributed by atoms with Gasteiger partial charge in [0.25, 0.3) is 0 Å². The first-order valence-electron chi connectivity index (χ1n) is 5.59. The minimum atomic E-state index is -1.56. The molecule has 1 saturated heterocycles. The molecule has 0 aromatic heterocycles. The predicted octanol–water partition coefficient (Wildman–Crippen LogP) is 2.20. The number of nitrogens with zero attached hydrogens (tertiary/aromatic N) is 1. The smallest absolute Gasteiger partial charge is 0.338 e. The number of hydrogen-bond donors (Lipinski definition) is 1. The highest BCUT2D eigenvalue weighted by Gasteiger charge is 2.31. The molecule has 0 radical (unpaired) electrons. The summed E-state index contributed by atoms with van der Waals surface area (Å²) in [6.07, 6.45) is 1.77. The normalized spacial score (nSPS) is 18.7. The lowest BCUT2D eigenvalue weighted by atomic mass is 10.1. The third-order valence-electron chi connectivity index (χ3n) is 3.05. The molecule has 1 heterocycles. The van der Waals surface area contributed by atoms with Gasteiger partial charge >= 0.3 is 5.97 Å².